The van der Waals surface area contributed by atoms with Gasteiger partial charge in [-0.25, -0.2) is 0 Å². The van der Waals surface area contributed by atoms with Crippen LogP contribution >= 0.6 is 0 Å². The van der Waals surface area contributed by atoms with Crippen LogP contribution in [0, 0.1) is 0 Å². The van der Waals surface area contributed by atoms with Gasteiger partial charge in [-0.1, -0.05) is 0 Å². The second-order valence-corrected chi connectivity index (χ2v) is 12.3. The Morgan fingerprint density at radius 1 is 0.562 bits per heavy atom. The molecule has 0 unspecified atom stereocenters. The molecular formula is C20H40N4O7Ti. The molecule has 0 heterocycles. The topological polar surface area (TPSA) is 152 Å². The van der Waals surface area contributed by atoms with E-state index < -0.39 is 40.2 Å². The van der Waals surface area contributed by atoms with Crippen LogP contribution in [0.25, 0.3) is 0 Å². The predicted molar refractivity (Wildman–Crippen MR) is 114 cm³/mol. The third kappa shape index (κ3) is 13.0. The average Bonchev–Trinajstić information content (AvgIpc) is 2.76. The summed E-state index contributed by atoms with van der Waals surface area (Å²) in [5.41, 5.74) is 4.03. The molecule has 0 aliphatic rings. The van der Waals surface area contributed by atoms with Gasteiger partial charge >= 0.3 is 193 Å². The van der Waals surface area contributed by atoms with E-state index in [1.807, 2.05) is 38.7 Å². The van der Waals surface area contributed by atoms with Crippen LogP contribution in [-0.4, -0.2) is 23.6 Å². The number of hydrogen-bond donors (Lipinski definition) is 4. The maximum absolute atomic E-state index is 14.0. The number of carbonyl (C=O) groups excluding carboxylic acids is 4. The van der Waals surface area contributed by atoms with E-state index in [1.165, 1.54) is 0 Å². The molecule has 11 nitrogen and oxygen atoms in total. The van der Waals surface area contributed by atoms with E-state index in [1.54, 1.807) is 0 Å². The van der Waals surface area contributed by atoms with E-state index in [0.29, 0.717) is 38.5 Å². The maximum atomic E-state index is 14.0. The Balaban J connectivity index is 5.82. The summed E-state index contributed by atoms with van der Waals surface area (Å²) in [7, 11) is 0. The second-order valence-electron chi connectivity index (χ2n) is 7.75. The Bertz CT molecular complexity index is 629. The molecule has 0 spiro atoms. The van der Waals surface area contributed by atoms with Crippen molar-refractivity contribution in [1.82, 2.24) is 18.6 Å². The Hall–Kier alpha value is -1.69. The molecule has 0 aliphatic carbocycles. The van der Waals surface area contributed by atoms with Crippen LogP contribution in [0.15, 0.2) is 0 Å². The van der Waals surface area contributed by atoms with Crippen LogP contribution in [0.3, 0.4) is 0 Å². The second kappa shape index (κ2) is 16.0. The van der Waals surface area contributed by atoms with Crippen LogP contribution in [0.4, 0.5) is 0 Å². The fourth-order valence-electron chi connectivity index (χ4n) is 2.51. The van der Waals surface area contributed by atoms with Gasteiger partial charge in [-0.3, -0.25) is 0 Å². The van der Waals surface area contributed by atoms with Crippen molar-refractivity contribution < 1.29 is 45.9 Å². The van der Waals surface area contributed by atoms with Crippen molar-refractivity contribution in [2.24, 2.45) is 0 Å². The number of hydrogen-bond acceptors (Lipinski definition) is 7. The SMILES string of the molecule is CCCCC(=O)N[O][Ti](=[O])([NH]C(=O)CCCC)([NH]C(=O)CCCC)[O]NC(=O)CCCC. The molecule has 186 valence electrons. The first-order valence-electron chi connectivity index (χ1n) is 11.6. The van der Waals surface area contributed by atoms with E-state index in [0.717, 1.165) is 12.8 Å². The standard InChI is InChI=1S/2C5H10NO2.2C5H11NO.O.Ti/c2*1-2-3-4-5(7)6-8;2*1-2-3-4-5(6)7;;/h2*2-4H2,1H3,(H-,6,7,8);2*2-4H2,1H3,(H2,6,7);;/q2*-1;;;;+4/p-2. The molecule has 0 aromatic carbocycles. The molecule has 0 bridgehead atoms. The van der Waals surface area contributed by atoms with E-state index in [2.05, 4.69) is 7.60 Å². The Morgan fingerprint density at radius 2 is 0.844 bits per heavy atom. The summed E-state index contributed by atoms with van der Waals surface area (Å²) in [6, 6.07) is 0. The number of nitrogens with one attached hydrogen (secondary N) is 4. The first-order valence-corrected chi connectivity index (χ1v) is 15.1. The number of hydroxylamine groups is 2. The third-order valence-electron chi connectivity index (χ3n) is 4.44. The molecule has 0 rings (SSSR count). The quantitative estimate of drug-likeness (QED) is 0.168. The minimum atomic E-state index is -6.71. The fraction of sp³-hybridized carbons (Fsp3) is 0.800. The minimum absolute atomic E-state index is 0.0108. The summed E-state index contributed by atoms with van der Waals surface area (Å²) >= 11 is -6.71. The van der Waals surface area contributed by atoms with Crippen molar-refractivity contribution in [2.45, 2.75) is 105 Å². The molecule has 12 heteroatoms. The van der Waals surface area contributed by atoms with Crippen LogP contribution in [0.2, 0.25) is 0 Å². The molecule has 4 N–H and O–H groups in total. The van der Waals surface area contributed by atoms with Gasteiger partial charge in [0.25, 0.3) is 0 Å². The normalized spacial score (nSPS) is 11.5. The zero-order chi connectivity index (χ0) is 24.5. The van der Waals surface area contributed by atoms with E-state index in [9.17, 15) is 22.5 Å². The number of unbranched alkanes of at least 4 members (excludes halogenated alkanes) is 4. The molecule has 0 saturated heterocycles. The third-order valence-corrected chi connectivity index (χ3v) is 8.13. The van der Waals surface area contributed by atoms with E-state index in [-0.39, 0.29) is 25.7 Å². The Labute approximate surface area is 192 Å². The number of amides is 4. The summed E-state index contributed by atoms with van der Waals surface area (Å²) in [6.07, 6.45) is 5.09. The van der Waals surface area contributed by atoms with Gasteiger partial charge in [0.2, 0.25) is 0 Å². The molecule has 32 heavy (non-hydrogen) atoms. The summed E-state index contributed by atoms with van der Waals surface area (Å²) in [5, 5.41) is 0. The molecular weight excluding hydrogens is 456 g/mol. The first-order chi connectivity index (χ1) is 15.1. The molecule has 0 aromatic rings. The van der Waals surface area contributed by atoms with Gasteiger partial charge < -0.3 is 0 Å². The van der Waals surface area contributed by atoms with Crippen molar-refractivity contribution in [3.05, 3.63) is 0 Å². The summed E-state index contributed by atoms with van der Waals surface area (Å²) < 4.78 is 28.7. The molecule has 0 saturated carbocycles. The number of carbonyl (C=O) groups is 4. The first kappa shape index (κ1) is 30.3. The van der Waals surface area contributed by atoms with Crippen molar-refractivity contribution in [1.29, 1.82) is 0 Å². The fourth-order valence-corrected chi connectivity index (χ4v) is 5.82. The molecule has 0 atom stereocenters. The van der Waals surface area contributed by atoms with Crippen molar-refractivity contribution in [3.8, 4) is 0 Å². The molecule has 0 aromatic heterocycles. The summed E-state index contributed by atoms with van der Waals surface area (Å²) in [4.78, 5) is 49.1. The average molecular weight is 496 g/mol. The Kier molecular flexibility index (Phi) is 15.2. The Morgan fingerprint density at radius 3 is 1.12 bits per heavy atom. The van der Waals surface area contributed by atoms with Gasteiger partial charge in [0, 0.05) is 0 Å². The van der Waals surface area contributed by atoms with Gasteiger partial charge in [-0.2, -0.15) is 0 Å². The van der Waals surface area contributed by atoms with Crippen molar-refractivity contribution in [3.63, 3.8) is 0 Å². The monoisotopic (exact) mass is 496 g/mol. The molecule has 0 aliphatic heterocycles. The molecule has 0 fully saturated rings. The van der Waals surface area contributed by atoms with Gasteiger partial charge in [0.15, 0.2) is 0 Å². The van der Waals surface area contributed by atoms with Crippen LogP contribution < -0.4 is 18.6 Å². The molecule has 0 radical (unpaired) electrons. The number of rotatable bonds is 18. The van der Waals surface area contributed by atoms with Crippen molar-refractivity contribution >= 4 is 23.6 Å². The summed E-state index contributed by atoms with van der Waals surface area (Å²) in [5.74, 6) is -2.63. The van der Waals surface area contributed by atoms with Crippen molar-refractivity contribution in [2.75, 3.05) is 0 Å². The van der Waals surface area contributed by atoms with Gasteiger partial charge in [0.1, 0.15) is 0 Å². The van der Waals surface area contributed by atoms with Crippen LogP contribution in [-0.2, 0) is 45.9 Å². The van der Waals surface area contributed by atoms with E-state index in [4.69, 9.17) is 6.84 Å². The van der Waals surface area contributed by atoms with E-state index >= 15 is 0 Å². The van der Waals surface area contributed by atoms with Crippen LogP contribution in [0.5, 0.6) is 0 Å². The predicted octanol–water partition coefficient (Wildman–Crippen LogP) is 2.77. The zero-order valence-corrected chi connectivity index (χ0v) is 21.4. The zero-order valence-electron chi connectivity index (χ0n) is 19.8. The van der Waals surface area contributed by atoms with Crippen LogP contribution in [0.1, 0.15) is 105 Å². The van der Waals surface area contributed by atoms with Gasteiger partial charge in [-0.05, 0) is 0 Å². The summed E-state index contributed by atoms with van der Waals surface area (Å²) in [6.45, 7) is 7.53. The van der Waals surface area contributed by atoms with Gasteiger partial charge in [0.05, 0.1) is 0 Å². The van der Waals surface area contributed by atoms with Gasteiger partial charge in [-0.15, -0.1) is 0 Å². The molecule has 4 amide bonds.